The van der Waals surface area contributed by atoms with Crippen molar-refractivity contribution in [3.05, 3.63) is 70.0 Å². The van der Waals surface area contributed by atoms with Crippen LogP contribution in [0.5, 0.6) is 0 Å². The molecule has 0 aromatic heterocycles. The van der Waals surface area contributed by atoms with Gasteiger partial charge in [-0.3, -0.25) is 14.9 Å². The summed E-state index contributed by atoms with van der Waals surface area (Å²) in [6, 6.07) is 13.4. The van der Waals surface area contributed by atoms with Crippen molar-refractivity contribution in [2.75, 3.05) is 30.3 Å². The molecule has 1 N–H and O–H groups in total. The summed E-state index contributed by atoms with van der Waals surface area (Å²) in [7, 11) is 0. The van der Waals surface area contributed by atoms with Gasteiger partial charge in [-0.2, -0.15) is 11.8 Å². The van der Waals surface area contributed by atoms with E-state index in [9.17, 15) is 19.3 Å². The minimum atomic E-state index is -0.368. The summed E-state index contributed by atoms with van der Waals surface area (Å²) in [5.41, 5.74) is 1.38. The van der Waals surface area contributed by atoms with Gasteiger partial charge in [0.05, 0.1) is 4.92 Å². The molecule has 0 unspecified atom stereocenters. The highest BCUT2D eigenvalue weighted by Crippen LogP contribution is 2.31. The Morgan fingerprint density at radius 3 is 2.59 bits per heavy atom. The van der Waals surface area contributed by atoms with Crippen LogP contribution in [-0.2, 0) is 10.5 Å². The standard InChI is InChI=1S/C21H24FN3O3S/c22-18-6-2-1-5-17(18)15-29-14-11-23-21(26)16-9-12-24(13-10-16)19-7-3-4-8-20(19)25(27)28/h1-8,16H,9-15H2,(H,23,26). The number of thioether (sulfide) groups is 1. The van der Waals surface area contributed by atoms with Crippen LogP contribution >= 0.6 is 11.8 Å². The van der Waals surface area contributed by atoms with Crippen molar-refractivity contribution < 1.29 is 14.1 Å². The van der Waals surface area contributed by atoms with E-state index in [1.807, 2.05) is 11.0 Å². The number of nitro groups is 1. The van der Waals surface area contributed by atoms with E-state index in [1.165, 1.54) is 12.1 Å². The molecule has 1 amide bonds. The first-order chi connectivity index (χ1) is 14.1. The SMILES string of the molecule is O=C(NCCSCc1ccccc1F)C1CCN(c2ccccc2[N+](=O)[O-])CC1. The number of anilines is 1. The maximum Gasteiger partial charge on any atom is 0.292 e. The molecule has 2 aromatic carbocycles. The predicted molar refractivity (Wildman–Crippen MR) is 114 cm³/mol. The van der Waals surface area contributed by atoms with Crippen molar-refractivity contribution in [3.8, 4) is 0 Å². The Morgan fingerprint density at radius 2 is 1.86 bits per heavy atom. The molecule has 1 fully saturated rings. The smallest absolute Gasteiger partial charge is 0.292 e. The molecule has 154 valence electrons. The predicted octanol–water partition coefficient (Wildman–Crippen LogP) is 4.00. The molecule has 1 aliphatic rings. The van der Waals surface area contributed by atoms with Crippen LogP contribution in [0.4, 0.5) is 15.8 Å². The third kappa shape index (κ3) is 5.69. The first-order valence-corrected chi connectivity index (χ1v) is 10.8. The van der Waals surface area contributed by atoms with Gasteiger partial charge in [-0.05, 0) is 30.5 Å². The number of benzene rings is 2. The van der Waals surface area contributed by atoms with Crippen LogP contribution in [0.2, 0.25) is 0 Å². The van der Waals surface area contributed by atoms with E-state index >= 15 is 0 Å². The van der Waals surface area contributed by atoms with Gasteiger partial charge >= 0.3 is 0 Å². The van der Waals surface area contributed by atoms with Gasteiger partial charge < -0.3 is 10.2 Å². The molecule has 0 spiro atoms. The van der Waals surface area contributed by atoms with Gasteiger partial charge in [-0.15, -0.1) is 0 Å². The molecule has 2 aromatic rings. The molecule has 0 aliphatic carbocycles. The normalized spacial score (nSPS) is 14.6. The Balaban J connectivity index is 1.39. The fourth-order valence-corrected chi connectivity index (χ4v) is 4.30. The van der Waals surface area contributed by atoms with E-state index in [-0.39, 0.29) is 28.3 Å². The summed E-state index contributed by atoms with van der Waals surface area (Å²) in [5, 5.41) is 14.2. The van der Waals surface area contributed by atoms with Crippen LogP contribution in [0.25, 0.3) is 0 Å². The Morgan fingerprint density at radius 1 is 1.17 bits per heavy atom. The van der Waals surface area contributed by atoms with E-state index in [1.54, 1.807) is 42.1 Å². The van der Waals surface area contributed by atoms with Crippen LogP contribution in [0, 0.1) is 21.8 Å². The molecule has 0 saturated carbocycles. The largest absolute Gasteiger partial charge is 0.366 e. The average Bonchev–Trinajstić information content (AvgIpc) is 2.74. The molecule has 3 rings (SSSR count). The zero-order chi connectivity index (χ0) is 20.6. The molecule has 1 heterocycles. The number of piperidine rings is 1. The Kier molecular flexibility index (Phi) is 7.46. The quantitative estimate of drug-likeness (QED) is 0.399. The maximum absolute atomic E-state index is 13.6. The molecular weight excluding hydrogens is 393 g/mol. The second-order valence-electron chi connectivity index (χ2n) is 6.94. The van der Waals surface area contributed by atoms with Gasteiger partial charge in [0.1, 0.15) is 11.5 Å². The number of rotatable bonds is 8. The van der Waals surface area contributed by atoms with Gasteiger partial charge in [0, 0.05) is 43.1 Å². The number of para-hydroxylation sites is 2. The van der Waals surface area contributed by atoms with Crippen molar-refractivity contribution in [2.45, 2.75) is 18.6 Å². The van der Waals surface area contributed by atoms with E-state index in [0.717, 1.165) is 5.75 Å². The van der Waals surface area contributed by atoms with Crippen LogP contribution in [-0.4, -0.2) is 36.2 Å². The number of nitrogens with one attached hydrogen (secondary N) is 1. The summed E-state index contributed by atoms with van der Waals surface area (Å²) >= 11 is 1.58. The lowest BCUT2D eigenvalue weighted by Gasteiger charge is -2.32. The number of carbonyl (C=O) groups is 1. The highest BCUT2D eigenvalue weighted by molar-refractivity contribution is 7.98. The van der Waals surface area contributed by atoms with E-state index in [0.29, 0.717) is 49.5 Å². The Hall–Kier alpha value is -2.61. The van der Waals surface area contributed by atoms with Crippen LogP contribution in [0.15, 0.2) is 48.5 Å². The second kappa shape index (κ2) is 10.2. The third-order valence-electron chi connectivity index (χ3n) is 5.05. The molecular formula is C21H24FN3O3S. The van der Waals surface area contributed by atoms with Crippen LogP contribution in [0.1, 0.15) is 18.4 Å². The number of carbonyl (C=O) groups excluding carboxylic acids is 1. The van der Waals surface area contributed by atoms with Gasteiger partial charge in [-0.1, -0.05) is 30.3 Å². The molecule has 0 bridgehead atoms. The number of halogens is 1. The monoisotopic (exact) mass is 417 g/mol. The van der Waals surface area contributed by atoms with Crippen molar-refractivity contribution in [1.29, 1.82) is 0 Å². The first kappa shape index (κ1) is 21.1. The van der Waals surface area contributed by atoms with Crippen LogP contribution in [0.3, 0.4) is 0 Å². The average molecular weight is 418 g/mol. The molecule has 0 atom stereocenters. The van der Waals surface area contributed by atoms with Gasteiger partial charge in [0.2, 0.25) is 5.91 Å². The number of nitrogens with zero attached hydrogens (tertiary/aromatic N) is 2. The summed E-state index contributed by atoms with van der Waals surface area (Å²) in [6.07, 6.45) is 1.33. The van der Waals surface area contributed by atoms with E-state index < -0.39 is 0 Å². The number of nitro benzene ring substituents is 1. The van der Waals surface area contributed by atoms with Gasteiger partial charge in [0.25, 0.3) is 5.69 Å². The lowest BCUT2D eigenvalue weighted by molar-refractivity contribution is -0.384. The van der Waals surface area contributed by atoms with Crippen molar-refractivity contribution >= 4 is 29.0 Å². The fourth-order valence-electron chi connectivity index (χ4n) is 3.46. The number of hydrogen-bond acceptors (Lipinski definition) is 5. The van der Waals surface area contributed by atoms with Gasteiger partial charge in [-0.25, -0.2) is 4.39 Å². The summed E-state index contributed by atoms with van der Waals surface area (Å²) in [4.78, 5) is 25.2. The molecule has 29 heavy (non-hydrogen) atoms. The van der Waals surface area contributed by atoms with Crippen molar-refractivity contribution in [1.82, 2.24) is 5.32 Å². The molecule has 0 radical (unpaired) electrons. The molecule has 1 aliphatic heterocycles. The van der Waals surface area contributed by atoms with Crippen LogP contribution < -0.4 is 10.2 Å². The topological polar surface area (TPSA) is 75.5 Å². The Bertz CT molecular complexity index is 857. The van der Waals surface area contributed by atoms with Crippen molar-refractivity contribution in [3.63, 3.8) is 0 Å². The highest BCUT2D eigenvalue weighted by Gasteiger charge is 2.27. The summed E-state index contributed by atoms with van der Waals surface area (Å²) in [6.45, 7) is 1.78. The molecule has 8 heteroatoms. The minimum absolute atomic E-state index is 0.0266. The van der Waals surface area contributed by atoms with E-state index in [4.69, 9.17) is 0 Å². The third-order valence-corrected chi connectivity index (χ3v) is 6.05. The lowest BCUT2D eigenvalue weighted by atomic mass is 9.95. The molecule has 6 nitrogen and oxygen atoms in total. The Labute approximate surface area is 173 Å². The maximum atomic E-state index is 13.6. The summed E-state index contributed by atoms with van der Waals surface area (Å²) in [5.74, 6) is 1.05. The number of amides is 1. The number of hydrogen-bond donors (Lipinski definition) is 1. The lowest BCUT2D eigenvalue weighted by Crippen LogP contribution is -2.41. The second-order valence-corrected chi connectivity index (χ2v) is 8.05. The van der Waals surface area contributed by atoms with Crippen molar-refractivity contribution in [2.24, 2.45) is 5.92 Å². The zero-order valence-corrected chi connectivity index (χ0v) is 16.9. The fraction of sp³-hybridized carbons (Fsp3) is 0.381. The van der Waals surface area contributed by atoms with Gasteiger partial charge in [0.15, 0.2) is 0 Å². The minimum Gasteiger partial charge on any atom is -0.366 e. The summed E-state index contributed by atoms with van der Waals surface area (Å²) < 4.78 is 13.6. The first-order valence-electron chi connectivity index (χ1n) is 9.63. The molecule has 1 saturated heterocycles. The van der Waals surface area contributed by atoms with E-state index in [2.05, 4.69) is 5.32 Å². The highest BCUT2D eigenvalue weighted by atomic mass is 32.2. The zero-order valence-electron chi connectivity index (χ0n) is 16.1.